The number of ether oxygens (including phenoxy) is 1. The number of aromatic nitrogens is 3. The molecule has 0 radical (unpaired) electrons. The summed E-state index contributed by atoms with van der Waals surface area (Å²) in [5.74, 6) is 1.11. The Bertz CT molecular complexity index is 2140. The van der Waals surface area contributed by atoms with Gasteiger partial charge < -0.3 is 19.1 Å². The molecule has 0 unspecified atom stereocenters. The van der Waals surface area contributed by atoms with E-state index in [1.165, 1.54) is 0 Å². The Morgan fingerprint density at radius 3 is 2.28 bits per heavy atom. The van der Waals surface area contributed by atoms with E-state index in [9.17, 15) is 0 Å². The first-order valence-electron chi connectivity index (χ1n) is 13.6. The molecule has 0 aliphatic rings. The quantitative estimate of drug-likeness (QED) is 0.115. The van der Waals surface area contributed by atoms with Gasteiger partial charge in [0, 0.05) is 43.6 Å². The Hall–Kier alpha value is -5.47. The lowest BCUT2D eigenvalue weighted by atomic mass is 10.0. The average Bonchev–Trinajstić information content (AvgIpc) is 3.74. The van der Waals surface area contributed by atoms with E-state index < -0.39 is 0 Å². The second-order valence-electron chi connectivity index (χ2n) is 9.95. The number of halogens is 1. The maximum absolute atomic E-state index is 6.18. The smallest absolute Gasteiger partial charge is 0.324 e. The largest absolute Gasteiger partial charge is 0.497 e. The highest BCUT2D eigenvalue weighted by atomic mass is 35.5. The van der Waals surface area contributed by atoms with Crippen LogP contribution in [-0.4, -0.2) is 27.9 Å². The molecule has 7 rings (SSSR count). The maximum atomic E-state index is 6.18. The van der Waals surface area contributed by atoms with E-state index in [0.717, 1.165) is 55.6 Å². The molecule has 4 aromatic carbocycles. The molecule has 0 fully saturated rings. The summed E-state index contributed by atoms with van der Waals surface area (Å²) in [6.07, 6.45) is 1.62. The highest BCUT2D eigenvalue weighted by Crippen LogP contribution is 2.39. The third-order valence-electron chi connectivity index (χ3n) is 7.24. The number of benzene rings is 4. The fourth-order valence-corrected chi connectivity index (χ4v) is 5.34. The number of oxazole rings is 1. The van der Waals surface area contributed by atoms with E-state index in [-0.39, 0.29) is 6.01 Å². The first kappa shape index (κ1) is 26.4. The third-order valence-corrected chi connectivity index (χ3v) is 7.49. The molecule has 0 aliphatic heterocycles. The second-order valence-corrected chi connectivity index (χ2v) is 10.4. The molecule has 43 heavy (non-hydrogen) atoms. The molecule has 7 aromatic rings. The highest BCUT2D eigenvalue weighted by Gasteiger charge is 2.20. The van der Waals surface area contributed by atoms with E-state index in [1.54, 1.807) is 13.4 Å². The minimum Gasteiger partial charge on any atom is -0.497 e. The number of aliphatic imine (C=N–C) groups is 1. The van der Waals surface area contributed by atoms with Crippen LogP contribution in [0.3, 0.4) is 0 Å². The zero-order chi connectivity index (χ0) is 29.3. The van der Waals surface area contributed by atoms with Gasteiger partial charge in [-0.25, -0.2) is 0 Å². The Labute approximate surface area is 251 Å². The van der Waals surface area contributed by atoms with Gasteiger partial charge in [-0.05, 0) is 61.0 Å². The molecule has 0 saturated carbocycles. The lowest BCUT2D eigenvalue weighted by molar-refractivity contribution is 0.415. The summed E-state index contributed by atoms with van der Waals surface area (Å²) in [7, 11) is 1.63. The van der Waals surface area contributed by atoms with Gasteiger partial charge >= 0.3 is 6.01 Å². The molecule has 2 N–H and O–H groups in total. The number of aromatic amines is 2. The number of nitrogens with one attached hydrogen (secondary N) is 2. The first-order chi connectivity index (χ1) is 21.1. The zero-order valence-electron chi connectivity index (χ0n) is 23.3. The number of aryl methyl sites for hydroxylation is 1. The number of hydrogen-bond donors (Lipinski definition) is 2. The minimum absolute atomic E-state index is 0.163. The second kappa shape index (κ2) is 11.1. The standard InChI is InChI=1S/C34H25ClN6O2/c1-20-30(25-7-3-5-9-27(25)36-20)33(41-40-23-15-17-24(42-2)18-16-23)39-34-38-29(19-43-34)31-26-8-4-6-10-28(26)37-32(31)21-11-13-22(35)14-12-21/h3-19,36-37H,1-2H3/b39-33-,41-40?. The van der Waals surface area contributed by atoms with Crippen molar-refractivity contribution in [1.82, 2.24) is 15.0 Å². The Balaban J connectivity index is 1.35. The van der Waals surface area contributed by atoms with Crippen LogP contribution in [0.2, 0.25) is 5.02 Å². The molecular formula is C34H25ClN6O2. The molecule has 0 aliphatic carbocycles. The van der Waals surface area contributed by atoms with E-state index in [2.05, 4.69) is 26.3 Å². The number of para-hydroxylation sites is 2. The molecular weight excluding hydrogens is 560 g/mol. The fraction of sp³-hybridized carbons (Fsp3) is 0.0588. The van der Waals surface area contributed by atoms with Gasteiger partial charge in [0.15, 0.2) is 5.84 Å². The van der Waals surface area contributed by atoms with Gasteiger partial charge in [-0.15, -0.1) is 10.2 Å². The molecule has 0 saturated heterocycles. The van der Waals surface area contributed by atoms with Crippen LogP contribution in [0.5, 0.6) is 5.75 Å². The Kier molecular flexibility index (Phi) is 6.81. The van der Waals surface area contributed by atoms with Gasteiger partial charge in [-0.2, -0.15) is 9.98 Å². The predicted molar refractivity (Wildman–Crippen MR) is 171 cm³/mol. The normalized spacial score (nSPS) is 12.1. The Morgan fingerprint density at radius 1 is 0.837 bits per heavy atom. The summed E-state index contributed by atoms with van der Waals surface area (Å²) >= 11 is 6.18. The van der Waals surface area contributed by atoms with Gasteiger partial charge in [-0.1, -0.05) is 60.1 Å². The number of methoxy groups -OCH3 is 1. The summed E-state index contributed by atoms with van der Waals surface area (Å²) < 4.78 is 11.2. The topological polar surface area (TPSA) is 104 Å². The van der Waals surface area contributed by atoms with Crippen LogP contribution in [0.4, 0.5) is 11.7 Å². The molecule has 3 aromatic heterocycles. The molecule has 0 amide bonds. The van der Waals surface area contributed by atoms with Gasteiger partial charge in [0.05, 0.1) is 18.5 Å². The van der Waals surface area contributed by atoms with Crippen LogP contribution in [0.1, 0.15) is 11.3 Å². The van der Waals surface area contributed by atoms with E-state index in [0.29, 0.717) is 22.2 Å². The molecule has 9 heteroatoms. The van der Waals surface area contributed by atoms with Crippen molar-refractivity contribution in [2.45, 2.75) is 6.92 Å². The fourth-order valence-electron chi connectivity index (χ4n) is 5.21. The minimum atomic E-state index is 0.163. The average molecular weight is 585 g/mol. The zero-order valence-corrected chi connectivity index (χ0v) is 24.1. The van der Waals surface area contributed by atoms with Crippen LogP contribution in [0.15, 0.2) is 123 Å². The number of rotatable bonds is 6. The lowest BCUT2D eigenvalue weighted by Gasteiger charge is -2.03. The monoisotopic (exact) mass is 584 g/mol. The van der Waals surface area contributed by atoms with Crippen LogP contribution in [0.25, 0.3) is 44.3 Å². The summed E-state index contributed by atoms with van der Waals surface area (Å²) in [6, 6.07) is 31.3. The third kappa shape index (κ3) is 5.09. The maximum Gasteiger partial charge on any atom is 0.324 e. The molecule has 0 spiro atoms. The Morgan fingerprint density at radius 2 is 1.53 bits per heavy atom. The molecule has 3 heterocycles. The summed E-state index contributed by atoms with van der Waals surface area (Å²) in [4.78, 5) is 16.6. The number of fused-ring (bicyclic) bond motifs is 2. The van der Waals surface area contributed by atoms with Crippen molar-refractivity contribution >= 4 is 50.9 Å². The molecule has 8 nitrogen and oxygen atoms in total. The highest BCUT2D eigenvalue weighted by molar-refractivity contribution is 6.30. The summed E-state index contributed by atoms with van der Waals surface area (Å²) in [5.41, 5.74) is 7.78. The van der Waals surface area contributed by atoms with Crippen LogP contribution < -0.4 is 4.74 Å². The number of nitrogens with zero attached hydrogens (tertiary/aromatic N) is 4. The number of hydrogen-bond acceptors (Lipinski definition) is 5. The van der Waals surface area contributed by atoms with Crippen molar-refractivity contribution in [2.24, 2.45) is 15.2 Å². The van der Waals surface area contributed by atoms with Gasteiger partial charge in [0.2, 0.25) is 0 Å². The van der Waals surface area contributed by atoms with Crippen molar-refractivity contribution in [1.29, 1.82) is 0 Å². The lowest BCUT2D eigenvalue weighted by Crippen LogP contribution is -1.98. The van der Waals surface area contributed by atoms with E-state index in [4.69, 9.17) is 30.7 Å². The summed E-state index contributed by atoms with van der Waals surface area (Å²) in [6.45, 7) is 1.99. The van der Waals surface area contributed by atoms with E-state index >= 15 is 0 Å². The van der Waals surface area contributed by atoms with Crippen LogP contribution >= 0.6 is 11.6 Å². The van der Waals surface area contributed by atoms with Crippen molar-refractivity contribution in [3.63, 3.8) is 0 Å². The SMILES string of the molecule is COc1ccc(N=N/C(=N\c2nc(-c3c(-c4ccc(Cl)cc4)[nH]c4ccccc34)co2)c2c(C)[nH]c3ccccc23)cc1. The predicted octanol–water partition coefficient (Wildman–Crippen LogP) is 9.80. The molecule has 0 bridgehead atoms. The molecule has 210 valence electrons. The number of H-pyrrole nitrogens is 2. The van der Waals surface area contributed by atoms with Gasteiger partial charge in [0.1, 0.15) is 17.7 Å². The summed E-state index contributed by atoms with van der Waals surface area (Å²) in [5, 5.41) is 11.7. The van der Waals surface area contributed by atoms with Crippen molar-refractivity contribution in [3.8, 4) is 28.3 Å². The van der Waals surface area contributed by atoms with Crippen LogP contribution in [-0.2, 0) is 0 Å². The van der Waals surface area contributed by atoms with Crippen molar-refractivity contribution in [3.05, 3.63) is 120 Å². The van der Waals surface area contributed by atoms with Crippen LogP contribution in [0, 0.1) is 6.92 Å². The van der Waals surface area contributed by atoms with E-state index in [1.807, 2.05) is 97.9 Å². The van der Waals surface area contributed by atoms with Gasteiger partial charge in [0.25, 0.3) is 0 Å². The first-order valence-corrected chi connectivity index (χ1v) is 14.0. The van der Waals surface area contributed by atoms with Gasteiger partial charge in [-0.3, -0.25) is 0 Å². The number of amidine groups is 1. The number of azo groups is 1. The van der Waals surface area contributed by atoms with Crippen molar-refractivity contribution in [2.75, 3.05) is 7.11 Å². The molecule has 0 atom stereocenters. The van der Waals surface area contributed by atoms with Crippen molar-refractivity contribution < 1.29 is 9.15 Å².